The van der Waals surface area contributed by atoms with E-state index in [1.54, 1.807) is 6.92 Å². The van der Waals surface area contributed by atoms with E-state index >= 15 is 0 Å². The lowest BCUT2D eigenvalue weighted by Gasteiger charge is -2.11. The summed E-state index contributed by atoms with van der Waals surface area (Å²) in [6.45, 7) is 3.50. The molecule has 1 heterocycles. The third kappa shape index (κ3) is 3.60. The smallest absolute Gasteiger partial charge is 0.318 e. The van der Waals surface area contributed by atoms with E-state index in [0.717, 1.165) is 5.69 Å². The van der Waals surface area contributed by atoms with Gasteiger partial charge in [-0.1, -0.05) is 30.0 Å². The lowest BCUT2D eigenvalue weighted by atomic mass is 10.3. The highest BCUT2D eigenvalue weighted by Crippen LogP contribution is 2.25. The summed E-state index contributed by atoms with van der Waals surface area (Å²) in [6, 6.07) is 8.72. The highest BCUT2D eigenvalue weighted by molar-refractivity contribution is 8.00. The predicted molar refractivity (Wildman–Crippen MR) is 79.1 cm³/mol. The number of amides is 3. The van der Waals surface area contributed by atoms with Crippen molar-refractivity contribution in [1.82, 2.24) is 20.1 Å². The molecule has 3 amide bonds. The molecular formula is C13H15N5O2S. The number of urea groups is 1. The van der Waals surface area contributed by atoms with Crippen LogP contribution >= 0.6 is 11.8 Å². The maximum atomic E-state index is 11.7. The molecule has 1 atom stereocenters. The molecular weight excluding hydrogens is 290 g/mol. The summed E-state index contributed by atoms with van der Waals surface area (Å²) in [5, 5.41) is 10.2. The van der Waals surface area contributed by atoms with E-state index in [-0.39, 0.29) is 0 Å². The van der Waals surface area contributed by atoms with Gasteiger partial charge in [-0.3, -0.25) is 14.7 Å². The number of benzene rings is 1. The van der Waals surface area contributed by atoms with E-state index in [2.05, 4.69) is 15.5 Å². The Kier molecular flexibility index (Phi) is 4.59. The van der Waals surface area contributed by atoms with Gasteiger partial charge in [-0.25, -0.2) is 4.79 Å². The minimum Gasteiger partial charge on any atom is -0.351 e. The average molecular weight is 305 g/mol. The Morgan fingerprint density at radius 1 is 1.29 bits per heavy atom. The number of nitrogens with zero attached hydrogens (tertiary/aromatic N) is 3. The molecule has 0 saturated heterocycles. The maximum absolute atomic E-state index is 11.7. The van der Waals surface area contributed by atoms with Crippen molar-refractivity contribution in [3.05, 3.63) is 36.2 Å². The summed E-state index contributed by atoms with van der Waals surface area (Å²) in [6.07, 6.45) is 0. The van der Waals surface area contributed by atoms with Gasteiger partial charge in [-0.15, -0.1) is 10.2 Å². The van der Waals surface area contributed by atoms with Gasteiger partial charge in [0.05, 0.1) is 5.25 Å². The number of imide groups is 1. The molecule has 0 bridgehead atoms. The third-order valence-electron chi connectivity index (χ3n) is 2.71. The molecule has 3 N–H and O–H groups in total. The number of aromatic nitrogens is 3. The molecule has 0 spiro atoms. The summed E-state index contributed by atoms with van der Waals surface area (Å²) in [5.74, 6) is 0.249. The van der Waals surface area contributed by atoms with E-state index in [4.69, 9.17) is 5.73 Å². The van der Waals surface area contributed by atoms with Crippen LogP contribution in [-0.2, 0) is 4.79 Å². The molecule has 0 aliphatic heterocycles. The second-order valence-corrected chi connectivity index (χ2v) is 5.62. The number of hydrogen-bond acceptors (Lipinski definition) is 5. The topological polar surface area (TPSA) is 103 Å². The minimum absolute atomic E-state index is 0.465. The van der Waals surface area contributed by atoms with Crippen molar-refractivity contribution < 1.29 is 9.59 Å². The second kappa shape index (κ2) is 6.40. The molecule has 8 heteroatoms. The van der Waals surface area contributed by atoms with Crippen LogP contribution < -0.4 is 11.1 Å². The number of nitrogens with two attached hydrogens (primary N) is 1. The number of para-hydroxylation sites is 1. The monoisotopic (exact) mass is 305 g/mol. The molecule has 0 radical (unpaired) electrons. The number of hydrogen-bond donors (Lipinski definition) is 2. The van der Waals surface area contributed by atoms with Gasteiger partial charge in [-0.05, 0) is 26.0 Å². The number of thioether (sulfide) groups is 1. The van der Waals surface area contributed by atoms with Crippen LogP contribution in [0.15, 0.2) is 35.5 Å². The molecule has 0 aliphatic rings. The highest BCUT2D eigenvalue weighted by atomic mass is 32.2. The molecule has 21 heavy (non-hydrogen) atoms. The van der Waals surface area contributed by atoms with Gasteiger partial charge in [0, 0.05) is 5.69 Å². The molecule has 1 aromatic heterocycles. The van der Waals surface area contributed by atoms with Gasteiger partial charge in [-0.2, -0.15) is 0 Å². The first-order chi connectivity index (χ1) is 9.99. The number of rotatable bonds is 4. The van der Waals surface area contributed by atoms with Crippen molar-refractivity contribution in [2.45, 2.75) is 24.3 Å². The highest BCUT2D eigenvalue weighted by Gasteiger charge is 2.20. The Bertz CT molecular complexity index is 656. The quantitative estimate of drug-likeness (QED) is 0.828. The number of aryl methyl sites for hydroxylation is 1. The first-order valence-corrected chi connectivity index (χ1v) is 7.11. The van der Waals surface area contributed by atoms with Gasteiger partial charge >= 0.3 is 6.03 Å². The molecule has 7 nitrogen and oxygen atoms in total. The van der Waals surface area contributed by atoms with Crippen molar-refractivity contribution in [3.8, 4) is 5.69 Å². The van der Waals surface area contributed by atoms with Crippen LogP contribution in [0.4, 0.5) is 4.79 Å². The van der Waals surface area contributed by atoms with Gasteiger partial charge in [0.25, 0.3) is 0 Å². The fourth-order valence-corrected chi connectivity index (χ4v) is 2.64. The van der Waals surface area contributed by atoms with E-state index in [1.807, 2.05) is 41.8 Å². The Hall–Kier alpha value is -2.35. The summed E-state index contributed by atoms with van der Waals surface area (Å²) in [7, 11) is 0. The third-order valence-corrected chi connectivity index (χ3v) is 3.75. The normalized spacial score (nSPS) is 11.9. The van der Waals surface area contributed by atoms with Gasteiger partial charge in [0.1, 0.15) is 5.82 Å². The van der Waals surface area contributed by atoms with Crippen molar-refractivity contribution in [3.63, 3.8) is 0 Å². The van der Waals surface area contributed by atoms with E-state index in [0.29, 0.717) is 11.0 Å². The standard InChI is InChI=1S/C13H15N5O2S/c1-8(11(19)15-12(14)20)21-13-17-16-9(2)18(13)10-6-4-3-5-7-10/h3-8H,1-2H3,(H3,14,15,19,20)/t8-/m0/s1. The molecule has 0 fully saturated rings. The molecule has 0 aliphatic carbocycles. The molecule has 2 aromatic rings. The zero-order valence-electron chi connectivity index (χ0n) is 11.6. The van der Waals surface area contributed by atoms with Crippen molar-refractivity contribution >= 4 is 23.7 Å². The predicted octanol–water partition coefficient (Wildman–Crippen LogP) is 1.25. The van der Waals surface area contributed by atoms with Gasteiger partial charge in [0.2, 0.25) is 5.91 Å². The van der Waals surface area contributed by atoms with Crippen LogP contribution in [0.1, 0.15) is 12.7 Å². The van der Waals surface area contributed by atoms with E-state index < -0.39 is 17.2 Å². The number of carbonyl (C=O) groups is 2. The Morgan fingerprint density at radius 3 is 2.57 bits per heavy atom. The van der Waals surface area contributed by atoms with Crippen LogP contribution in [0.5, 0.6) is 0 Å². The minimum atomic E-state index is -0.867. The zero-order chi connectivity index (χ0) is 15.4. The lowest BCUT2D eigenvalue weighted by molar-refractivity contribution is -0.119. The number of primary amides is 1. The Morgan fingerprint density at radius 2 is 1.95 bits per heavy atom. The second-order valence-electron chi connectivity index (χ2n) is 4.31. The molecule has 2 rings (SSSR count). The van der Waals surface area contributed by atoms with Gasteiger partial charge in [0.15, 0.2) is 5.16 Å². The first kappa shape index (κ1) is 15.0. The average Bonchev–Trinajstić information content (AvgIpc) is 2.80. The number of carbonyl (C=O) groups excluding carboxylic acids is 2. The van der Waals surface area contributed by atoms with Crippen molar-refractivity contribution in [2.24, 2.45) is 5.73 Å². The first-order valence-electron chi connectivity index (χ1n) is 6.23. The number of nitrogens with one attached hydrogen (secondary N) is 1. The summed E-state index contributed by atoms with van der Waals surface area (Å²) in [4.78, 5) is 22.4. The fraction of sp³-hybridized carbons (Fsp3) is 0.231. The van der Waals surface area contributed by atoms with Gasteiger partial charge < -0.3 is 5.73 Å². The van der Waals surface area contributed by atoms with Crippen LogP contribution in [0, 0.1) is 6.92 Å². The van der Waals surface area contributed by atoms with E-state index in [9.17, 15) is 9.59 Å². The lowest BCUT2D eigenvalue weighted by Crippen LogP contribution is -2.39. The molecule has 110 valence electrons. The Balaban J connectivity index is 2.22. The SMILES string of the molecule is Cc1nnc(S[C@@H](C)C(=O)NC(N)=O)n1-c1ccccc1. The van der Waals surface area contributed by atoms with Crippen molar-refractivity contribution in [2.75, 3.05) is 0 Å². The zero-order valence-corrected chi connectivity index (χ0v) is 12.4. The van der Waals surface area contributed by atoms with Crippen LogP contribution in [0.25, 0.3) is 5.69 Å². The molecule has 0 saturated carbocycles. The van der Waals surface area contributed by atoms with Crippen LogP contribution in [-0.4, -0.2) is 32.0 Å². The largest absolute Gasteiger partial charge is 0.351 e. The summed E-state index contributed by atoms with van der Waals surface area (Å²) >= 11 is 1.21. The van der Waals surface area contributed by atoms with E-state index in [1.165, 1.54) is 11.8 Å². The summed E-state index contributed by atoms with van der Waals surface area (Å²) in [5.41, 5.74) is 5.84. The van der Waals surface area contributed by atoms with Crippen LogP contribution in [0.2, 0.25) is 0 Å². The van der Waals surface area contributed by atoms with Crippen molar-refractivity contribution in [1.29, 1.82) is 0 Å². The fourth-order valence-electron chi connectivity index (χ4n) is 1.73. The van der Waals surface area contributed by atoms with Crippen LogP contribution in [0.3, 0.4) is 0 Å². The summed E-state index contributed by atoms with van der Waals surface area (Å²) < 4.78 is 1.85. The maximum Gasteiger partial charge on any atom is 0.318 e. The molecule has 1 aromatic carbocycles. The Labute approximate surface area is 125 Å². The molecule has 0 unspecified atom stereocenters.